The highest BCUT2D eigenvalue weighted by Crippen LogP contribution is 2.23. The molecule has 0 aliphatic rings. The van der Waals surface area contributed by atoms with Crippen molar-refractivity contribution in [2.45, 2.75) is 24.8 Å². The third-order valence-corrected chi connectivity index (χ3v) is 5.55. The third kappa shape index (κ3) is 5.63. The third-order valence-electron chi connectivity index (χ3n) is 4.11. The summed E-state index contributed by atoms with van der Waals surface area (Å²) in [6, 6.07) is 14.7. The molecule has 3 aromatic rings. The van der Waals surface area contributed by atoms with Gasteiger partial charge in [0.15, 0.2) is 5.82 Å². The number of nitrogens with one attached hydrogen (secondary N) is 2. The number of nitrogens with zero attached hydrogens (tertiary/aromatic N) is 2. The molecule has 154 valence electrons. The van der Waals surface area contributed by atoms with Crippen LogP contribution >= 0.6 is 0 Å². The Morgan fingerprint density at radius 2 is 1.79 bits per heavy atom. The Kier molecular flexibility index (Phi) is 6.97. The largest absolute Gasteiger partial charge is 0.491 e. The lowest BCUT2D eigenvalue weighted by molar-refractivity contribution is 0.110. The highest BCUT2D eigenvalue weighted by atomic mass is 32.2. The fourth-order valence-corrected chi connectivity index (χ4v) is 3.89. The molecular weight excluding hydrogens is 392 g/mol. The molecule has 8 nitrogen and oxygen atoms in total. The highest BCUT2D eigenvalue weighted by Gasteiger charge is 2.25. The molecule has 1 atom stereocenters. The first-order chi connectivity index (χ1) is 14.0. The Balaban J connectivity index is 1.78. The first-order valence-electron chi connectivity index (χ1n) is 9.26. The van der Waals surface area contributed by atoms with E-state index in [1.807, 2.05) is 37.3 Å². The van der Waals surface area contributed by atoms with Crippen molar-refractivity contribution in [2.75, 3.05) is 19.8 Å². The van der Waals surface area contributed by atoms with E-state index in [9.17, 15) is 8.42 Å². The lowest BCUT2D eigenvalue weighted by Gasteiger charge is -2.17. The van der Waals surface area contributed by atoms with Crippen LogP contribution in [0.1, 0.15) is 30.2 Å². The second-order valence-electron chi connectivity index (χ2n) is 6.26. The molecule has 1 heterocycles. The molecule has 0 bridgehead atoms. The summed E-state index contributed by atoms with van der Waals surface area (Å²) in [4.78, 5) is 4.43. The molecular formula is C20H24N4O4S. The molecule has 0 aliphatic carbocycles. The number of aryl methyl sites for hydroxylation is 1. The molecule has 2 aromatic carbocycles. The average Bonchev–Trinajstić information content (AvgIpc) is 3.16. The van der Waals surface area contributed by atoms with E-state index in [4.69, 9.17) is 9.47 Å². The van der Waals surface area contributed by atoms with E-state index in [-0.39, 0.29) is 4.90 Å². The van der Waals surface area contributed by atoms with Gasteiger partial charge in [0.1, 0.15) is 24.2 Å². The molecule has 0 saturated heterocycles. The first-order valence-corrected chi connectivity index (χ1v) is 10.7. The van der Waals surface area contributed by atoms with Crippen LogP contribution in [-0.4, -0.2) is 43.4 Å². The van der Waals surface area contributed by atoms with Gasteiger partial charge >= 0.3 is 0 Å². The number of ether oxygens (including phenoxy) is 2. The smallest absolute Gasteiger partial charge is 0.241 e. The molecule has 0 saturated carbocycles. The number of aromatic nitrogens is 3. The van der Waals surface area contributed by atoms with Gasteiger partial charge in [0.2, 0.25) is 10.0 Å². The Morgan fingerprint density at radius 1 is 1.07 bits per heavy atom. The highest BCUT2D eigenvalue weighted by molar-refractivity contribution is 7.89. The molecule has 0 amide bonds. The van der Waals surface area contributed by atoms with Crippen LogP contribution in [0.4, 0.5) is 0 Å². The monoisotopic (exact) mass is 416 g/mol. The van der Waals surface area contributed by atoms with Gasteiger partial charge in [0, 0.05) is 6.61 Å². The van der Waals surface area contributed by atoms with Crippen LogP contribution in [0.25, 0.3) is 0 Å². The predicted molar refractivity (Wildman–Crippen MR) is 108 cm³/mol. The summed E-state index contributed by atoms with van der Waals surface area (Å²) >= 11 is 0. The predicted octanol–water partition coefficient (Wildman–Crippen LogP) is 2.60. The first kappa shape index (κ1) is 21.0. The van der Waals surface area contributed by atoms with E-state index in [1.165, 1.54) is 12.1 Å². The van der Waals surface area contributed by atoms with Crippen molar-refractivity contribution in [3.05, 3.63) is 71.8 Å². The van der Waals surface area contributed by atoms with Crippen LogP contribution in [0, 0.1) is 6.92 Å². The van der Waals surface area contributed by atoms with Crippen molar-refractivity contribution < 1.29 is 17.9 Å². The number of rotatable bonds is 10. The maximum Gasteiger partial charge on any atom is 0.241 e. The van der Waals surface area contributed by atoms with Gasteiger partial charge in [-0.25, -0.2) is 13.4 Å². The maximum atomic E-state index is 13.0. The second kappa shape index (κ2) is 9.64. The summed E-state index contributed by atoms with van der Waals surface area (Å²) in [6.45, 7) is 5.18. The van der Waals surface area contributed by atoms with Crippen molar-refractivity contribution in [3.63, 3.8) is 0 Å². The van der Waals surface area contributed by atoms with Crippen molar-refractivity contribution in [2.24, 2.45) is 0 Å². The topological polar surface area (TPSA) is 106 Å². The Labute approximate surface area is 170 Å². The number of sulfonamides is 1. The second-order valence-corrected chi connectivity index (χ2v) is 7.97. The molecule has 0 aliphatic heterocycles. The van der Waals surface area contributed by atoms with Crippen LogP contribution in [0.2, 0.25) is 0 Å². The molecule has 3 rings (SSSR count). The van der Waals surface area contributed by atoms with E-state index < -0.39 is 16.1 Å². The van der Waals surface area contributed by atoms with Crippen LogP contribution in [-0.2, 0) is 14.8 Å². The number of hydrogen-bond acceptors (Lipinski definition) is 6. The quantitative estimate of drug-likeness (QED) is 0.492. The van der Waals surface area contributed by atoms with E-state index >= 15 is 0 Å². The summed E-state index contributed by atoms with van der Waals surface area (Å²) in [6.07, 6.45) is 0. The van der Waals surface area contributed by atoms with Gasteiger partial charge in [-0.1, -0.05) is 30.3 Å². The minimum atomic E-state index is -3.82. The summed E-state index contributed by atoms with van der Waals surface area (Å²) < 4.78 is 39.4. The number of benzene rings is 2. The van der Waals surface area contributed by atoms with Crippen molar-refractivity contribution >= 4 is 10.0 Å². The number of aromatic amines is 1. The molecule has 1 unspecified atom stereocenters. The zero-order valence-corrected chi connectivity index (χ0v) is 17.1. The SMILES string of the molecule is CCOCCOc1ccc(S(=O)(=O)NC(c2ccccc2)c2n[nH]c(C)n2)cc1. The Morgan fingerprint density at radius 3 is 2.41 bits per heavy atom. The molecule has 0 fully saturated rings. The fraction of sp³-hybridized carbons (Fsp3) is 0.300. The van der Waals surface area contributed by atoms with Gasteiger partial charge in [-0.2, -0.15) is 9.82 Å². The molecule has 1 aromatic heterocycles. The van der Waals surface area contributed by atoms with Gasteiger partial charge < -0.3 is 9.47 Å². The van der Waals surface area contributed by atoms with Gasteiger partial charge in [0.05, 0.1) is 11.5 Å². The zero-order chi connectivity index (χ0) is 20.7. The van der Waals surface area contributed by atoms with Crippen LogP contribution < -0.4 is 9.46 Å². The normalized spacial score (nSPS) is 12.6. The van der Waals surface area contributed by atoms with Crippen LogP contribution in [0.15, 0.2) is 59.5 Å². The standard InChI is InChI=1S/C20H24N4O4S/c1-3-27-13-14-28-17-9-11-18(12-10-17)29(25,26)24-19(16-7-5-4-6-8-16)20-21-15(2)22-23-20/h4-12,19,24H,3,13-14H2,1-2H3,(H,21,22,23). The van der Waals surface area contributed by atoms with Crippen molar-refractivity contribution in [1.82, 2.24) is 19.9 Å². The van der Waals surface area contributed by atoms with E-state index in [0.717, 1.165) is 5.56 Å². The van der Waals surface area contributed by atoms with Gasteiger partial charge in [-0.05, 0) is 43.7 Å². The molecule has 9 heteroatoms. The average molecular weight is 417 g/mol. The number of hydrogen-bond donors (Lipinski definition) is 2. The zero-order valence-electron chi connectivity index (χ0n) is 16.3. The Hall–Kier alpha value is -2.75. The number of H-pyrrole nitrogens is 1. The Bertz CT molecular complexity index is 1000. The van der Waals surface area contributed by atoms with Gasteiger partial charge in [-0.15, -0.1) is 0 Å². The lowest BCUT2D eigenvalue weighted by atomic mass is 10.1. The van der Waals surface area contributed by atoms with Crippen molar-refractivity contribution in [3.8, 4) is 5.75 Å². The van der Waals surface area contributed by atoms with Crippen LogP contribution in [0.5, 0.6) is 5.75 Å². The fourth-order valence-electron chi connectivity index (χ4n) is 2.71. The molecule has 0 radical (unpaired) electrons. The summed E-state index contributed by atoms with van der Waals surface area (Å²) in [5, 5.41) is 6.90. The lowest BCUT2D eigenvalue weighted by Crippen LogP contribution is -2.30. The molecule has 2 N–H and O–H groups in total. The van der Waals surface area contributed by atoms with Crippen molar-refractivity contribution in [1.29, 1.82) is 0 Å². The molecule has 0 spiro atoms. The summed E-state index contributed by atoms with van der Waals surface area (Å²) in [5.74, 6) is 1.54. The van der Waals surface area contributed by atoms with E-state index in [2.05, 4.69) is 19.9 Å². The van der Waals surface area contributed by atoms with Gasteiger partial charge in [-0.3, -0.25) is 5.10 Å². The van der Waals surface area contributed by atoms with Crippen LogP contribution in [0.3, 0.4) is 0 Å². The minimum Gasteiger partial charge on any atom is -0.491 e. The summed E-state index contributed by atoms with van der Waals surface area (Å²) in [5.41, 5.74) is 0.742. The minimum absolute atomic E-state index is 0.128. The molecule has 29 heavy (non-hydrogen) atoms. The van der Waals surface area contributed by atoms with Gasteiger partial charge in [0.25, 0.3) is 0 Å². The summed E-state index contributed by atoms with van der Waals surface area (Å²) in [7, 11) is -3.82. The maximum absolute atomic E-state index is 13.0. The van der Waals surface area contributed by atoms with E-state index in [1.54, 1.807) is 19.1 Å². The van der Waals surface area contributed by atoms with E-state index in [0.29, 0.717) is 37.2 Å².